The first-order valence-corrected chi connectivity index (χ1v) is 12.8. The van der Waals surface area contributed by atoms with Gasteiger partial charge in [0.2, 0.25) is 0 Å². The van der Waals surface area contributed by atoms with Crippen molar-refractivity contribution in [1.82, 2.24) is 9.29 Å². The molecule has 1 aromatic heterocycles. The zero-order valence-corrected chi connectivity index (χ0v) is 22.0. The molecule has 0 radical (unpaired) electrons. The Morgan fingerprint density at radius 1 is 1.16 bits per heavy atom. The molecule has 0 saturated carbocycles. The number of carbonyl (C=O) groups excluding carboxylic acids is 1. The number of benzene rings is 1. The number of ether oxygens (including phenoxy) is 2. The summed E-state index contributed by atoms with van der Waals surface area (Å²) in [5, 5.41) is 35.7. The van der Waals surface area contributed by atoms with Gasteiger partial charge in [0.15, 0.2) is 11.5 Å². The Morgan fingerprint density at radius 2 is 1.79 bits per heavy atom. The van der Waals surface area contributed by atoms with Crippen molar-refractivity contribution in [3.8, 4) is 6.07 Å². The van der Waals surface area contributed by atoms with Crippen LogP contribution in [0.4, 0.5) is 28.7 Å². The van der Waals surface area contributed by atoms with Crippen LogP contribution in [0.3, 0.4) is 0 Å². The third-order valence-electron chi connectivity index (χ3n) is 5.57. The lowest BCUT2D eigenvalue weighted by Crippen LogP contribution is -2.29. The summed E-state index contributed by atoms with van der Waals surface area (Å²) in [7, 11) is -1.14. The minimum absolute atomic E-state index is 0.110. The number of nitrogens with one attached hydrogen (secondary N) is 2. The maximum Gasteiger partial charge on any atom is 0.297 e. The fourth-order valence-corrected chi connectivity index (χ4v) is 5.27. The second kappa shape index (κ2) is 11.9. The zero-order valence-electron chi connectivity index (χ0n) is 21.1. The number of sulfonamides is 1. The van der Waals surface area contributed by atoms with Crippen molar-refractivity contribution in [1.29, 1.82) is 5.26 Å². The molecule has 2 N–H and O–H groups in total. The van der Waals surface area contributed by atoms with E-state index < -0.39 is 31.4 Å². The summed E-state index contributed by atoms with van der Waals surface area (Å²) >= 11 is 0. The number of azo groups is 1. The number of aromatic nitrogens is 1. The molecule has 0 saturated heterocycles. The number of nitrogens with zero attached hydrogens (tertiary/aromatic N) is 6. The maximum absolute atomic E-state index is 12.8. The largest absolute Gasteiger partial charge is 0.383 e. The van der Waals surface area contributed by atoms with Gasteiger partial charge in [-0.1, -0.05) is 0 Å². The van der Waals surface area contributed by atoms with Gasteiger partial charge < -0.3 is 20.1 Å². The summed E-state index contributed by atoms with van der Waals surface area (Å²) in [6.07, 6.45) is 0. The van der Waals surface area contributed by atoms with Crippen molar-refractivity contribution in [2.75, 3.05) is 57.7 Å². The quantitative estimate of drug-likeness (QED) is 0.171. The van der Waals surface area contributed by atoms with Crippen molar-refractivity contribution in [2.24, 2.45) is 10.2 Å². The topological polar surface area (TPSA) is 202 Å². The Labute approximate surface area is 218 Å². The summed E-state index contributed by atoms with van der Waals surface area (Å²) in [4.78, 5) is 27.5. The predicted octanol–water partition coefficient (Wildman–Crippen LogP) is 2.87. The molecule has 1 aromatic carbocycles. The second-order valence-electron chi connectivity index (χ2n) is 7.88. The minimum Gasteiger partial charge on any atom is -0.383 e. The summed E-state index contributed by atoms with van der Waals surface area (Å²) < 4.78 is 36.3. The highest BCUT2D eigenvalue weighted by Crippen LogP contribution is 2.41. The van der Waals surface area contributed by atoms with E-state index >= 15 is 0 Å². The lowest BCUT2D eigenvalue weighted by molar-refractivity contribution is -0.384. The number of nitro benzene ring substituents is 1. The van der Waals surface area contributed by atoms with Crippen molar-refractivity contribution >= 4 is 44.6 Å². The predicted molar refractivity (Wildman–Crippen MR) is 136 cm³/mol. The van der Waals surface area contributed by atoms with Gasteiger partial charge in [0, 0.05) is 45.5 Å². The number of hydrogen-bond donors (Lipinski definition) is 2. The Kier molecular flexibility index (Phi) is 8.88. The van der Waals surface area contributed by atoms with E-state index in [0.717, 1.165) is 12.1 Å². The van der Waals surface area contributed by atoms with Gasteiger partial charge in [0.1, 0.15) is 22.5 Å². The summed E-state index contributed by atoms with van der Waals surface area (Å²) in [6, 6.07) is 3.90. The van der Waals surface area contributed by atoms with Gasteiger partial charge in [-0.3, -0.25) is 14.9 Å². The number of nitro groups is 1. The average Bonchev–Trinajstić information content (AvgIpc) is 3.07. The lowest BCUT2D eigenvalue weighted by Gasteiger charge is -2.15. The molecule has 2 aromatic rings. The number of anilines is 2. The van der Waals surface area contributed by atoms with Crippen LogP contribution in [0, 0.1) is 28.4 Å². The van der Waals surface area contributed by atoms with Crippen LogP contribution in [0.15, 0.2) is 27.3 Å². The van der Waals surface area contributed by atoms with E-state index in [1.807, 2.05) is 0 Å². The van der Waals surface area contributed by atoms with Gasteiger partial charge in [0.25, 0.3) is 21.6 Å². The molecular formula is C22H26N8O7S. The van der Waals surface area contributed by atoms with E-state index in [1.165, 1.54) is 21.1 Å². The first-order chi connectivity index (χ1) is 18.1. The standard InChI is InChI=1S/C22H26N8O7S/c1-5-29-22(31)14-10-17(30(32)33)16(11-18(14)38(29,34)35)27-28-19-13(2)15(12-23)20(24-6-8-36-3)26-21(19)25-7-9-37-4/h10-11H,5-9H2,1-4H3,(H2,24,25,26)/b28-27+. The van der Waals surface area contributed by atoms with Crippen LogP contribution in [0.5, 0.6) is 0 Å². The molecule has 0 spiro atoms. The number of carbonyl (C=O) groups is 1. The SMILES string of the molecule is CCN1C(=O)c2cc([N+](=O)[O-])c(/N=N/c3c(NCCOC)nc(NCCOC)c(C#N)c3C)cc2S1(=O)=O. The fourth-order valence-electron chi connectivity index (χ4n) is 3.69. The highest BCUT2D eigenvalue weighted by Gasteiger charge is 2.42. The number of nitriles is 1. The molecular weight excluding hydrogens is 520 g/mol. The van der Waals surface area contributed by atoms with Crippen LogP contribution in [-0.4, -0.2) is 75.6 Å². The van der Waals surface area contributed by atoms with E-state index in [2.05, 4.69) is 31.9 Å². The number of fused-ring (bicyclic) bond motifs is 1. The first kappa shape index (κ1) is 28.4. The molecule has 38 heavy (non-hydrogen) atoms. The van der Waals surface area contributed by atoms with E-state index in [1.54, 1.807) is 6.92 Å². The summed E-state index contributed by atoms with van der Waals surface area (Å²) in [6.45, 7) is 4.33. The van der Waals surface area contributed by atoms with Crippen molar-refractivity contribution < 1.29 is 27.6 Å². The van der Waals surface area contributed by atoms with E-state index in [9.17, 15) is 28.6 Å². The first-order valence-electron chi connectivity index (χ1n) is 11.3. The molecule has 0 unspecified atom stereocenters. The molecule has 3 rings (SSSR count). The minimum atomic E-state index is -4.19. The number of rotatable bonds is 12. The molecule has 0 fully saturated rings. The Bertz CT molecular complexity index is 1440. The van der Waals surface area contributed by atoms with Crippen LogP contribution in [-0.2, 0) is 19.5 Å². The van der Waals surface area contributed by atoms with Crippen LogP contribution in [0.2, 0.25) is 0 Å². The van der Waals surface area contributed by atoms with Crippen molar-refractivity contribution in [2.45, 2.75) is 18.7 Å². The van der Waals surface area contributed by atoms with Crippen LogP contribution >= 0.6 is 0 Å². The zero-order chi connectivity index (χ0) is 28.0. The van der Waals surface area contributed by atoms with Crippen LogP contribution in [0.1, 0.15) is 28.4 Å². The van der Waals surface area contributed by atoms with Gasteiger partial charge in [-0.15, -0.1) is 10.2 Å². The molecule has 0 bridgehead atoms. The number of methoxy groups -OCH3 is 2. The second-order valence-corrected chi connectivity index (χ2v) is 9.71. The maximum atomic E-state index is 12.8. The van der Waals surface area contributed by atoms with Gasteiger partial charge in [-0.05, 0) is 19.9 Å². The van der Waals surface area contributed by atoms with Crippen LogP contribution < -0.4 is 10.6 Å². The molecule has 2 heterocycles. The third kappa shape index (κ3) is 5.39. The summed E-state index contributed by atoms with van der Waals surface area (Å²) in [5.74, 6) is -0.367. The molecule has 0 aliphatic carbocycles. The highest BCUT2D eigenvalue weighted by molar-refractivity contribution is 7.90. The molecule has 16 heteroatoms. The molecule has 1 aliphatic rings. The smallest absolute Gasteiger partial charge is 0.297 e. The van der Waals surface area contributed by atoms with Crippen molar-refractivity contribution in [3.63, 3.8) is 0 Å². The molecule has 1 aliphatic heterocycles. The van der Waals surface area contributed by atoms with Crippen LogP contribution in [0.25, 0.3) is 0 Å². The summed E-state index contributed by atoms with van der Waals surface area (Å²) in [5.41, 5.74) is -0.648. The van der Waals surface area contributed by atoms with E-state index in [-0.39, 0.29) is 40.7 Å². The van der Waals surface area contributed by atoms with Gasteiger partial charge in [-0.2, -0.15) is 5.26 Å². The van der Waals surface area contributed by atoms with E-state index in [4.69, 9.17) is 9.47 Å². The monoisotopic (exact) mass is 546 g/mol. The molecule has 0 atom stereocenters. The third-order valence-corrected chi connectivity index (χ3v) is 7.47. The normalized spacial score (nSPS) is 14.0. The number of pyridine rings is 1. The fraction of sp³-hybridized carbons (Fsp3) is 0.409. The highest BCUT2D eigenvalue weighted by atomic mass is 32.2. The number of amides is 1. The molecule has 1 amide bonds. The molecule has 202 valence electrons. The van der Waals surface area contributed by atoms with Gasteiger partial charge in [-0.25, -0.2) is 17.7 Å². The van der Waals surface area contributed by atoms with Gasteiger partial charge >= 0.3 is 0 Å². The Balaban J connectivity index is 2.16. The van der Waals surface area contributed by atoms with Crippen molar-refractivity contribution in [3.05, 3.63) is 38.9 Å². The van der Waals surface area contributed by atoms with Gasteiger partial charge in [0.05, 0.1) is 29.3 Å². The lowest BCUT2D eigenvalue weighted by atomic mass is 10.1. The molecule has 15 nitrogen and oxygen atoms in total. The Hall–Kier alpha value is -4.20. The Morgan fingerprint density at radius 3 is 2.34 bits per heavy atom. The number of hydrogen-bond acceptors (Lipinski definition) is 13. The average molecular weight is 547 g/mol. The van der Waals surface area contributed by atoms with E-state index in [0.29, 0.717) is 36.2 Å².